The number of carbonyl (C=O) groups is 1. The molecule has 1 fully saturated rings. The Bertz CT molecular complexity index is 399. The van der Waals surface area contributed by atoms with Gasteiger partial charge in [0.2, 0.25) is 5.91 Å². The van der Waals surface area contributed by atoms with Gasteiger partial charge in [-0.15, -0.1) is 11.3 Å². The van der Waals surface area contributed by atoms with Crippen LogP contribution in [0, 0.1) is 5.92 Å². The molecular formula is C13H21N3OS. The molecule has 0 spiro atoms. The number of hydrogen-bond donors (Lipinski definition) is 2. The number of aryl methyl sites for hydroxylation is 1. The van der Waals surface area contributed by atoms with Crippen molar-refractivity contribution >= 4 is 17.2 Å². The van der Waals surface area contributed by atoms with E-state index in [1.54, 1.807) is 11.3 Å². The minimum absolute atomic E-state index is 0.0183. The van der Waals surface area contributed by atoms with Crippen LogP contribution in [0.4, 0.5) is 0 Å². The Morgan fingerprint density at radius 2 is 2.56 bits per heavy atom. The minimum atomic E-state index is 0.0183. The summed E-state index contributed by atoms with van der Waals surface area (Å²) in [7, 11) is 0. The summed E-state index contributed by atoms with van der Waals surface area (Å²) in [4.78, 5) is 17.7. The molecule has 18 heavy (non-hydrogen) atoms. The first-order chi connectivity index (χ1) is 8.70. The summed E-state index contributed by atoms with van der Waals surface area (Å²) < 4.78 is 0. The molecule has 1 aromatic rings. The predicted octanol–water partition coefficient (Wildman–Crippen LogP) is 1.88. The Labute approximate surface area is 112 Å². The molecule has 4 nitrogen and oxygen atoms in total. The summed E-state index contributed by atoms with van der Waals surface area (Å²) >= 11 is 1.69. The highest BCUT2D eigenvalue weighted by Gasteiger charge is 2.23. The van der Waals surface area contributed by atoms with Crippen molar-refractivity contribution in [1.82, 2.24) is 15.6 Å². The summed E-state index contributed by atoms with van der Waals surface area (Å²) in [5.74, 6) is 0.273. The van der Waals surface area contributed by atoms with Crippen LogP contribution in [0.15, 0.2) is 6.20 Å². The first kappa shape index (κ1) is 13.5. The smallest absolute Gasteiger partial charge is 0.224 e. The maximum absolute atomic E-state index is 12.1. The van der Waals surface area contributed by atoms with E-state index < -0.39 is 0 Å². The molecule has 0 aliphatic carbocycles. The summed E-state index contributed by atoms with van der Waals surface area (Å²) in [6, 6.07) is 0.0183. The minimum Gasteiger partial charge on any atom is -0.347 e. The number of amides is 1. The van der Waals surface area contributed by atoms with Gasteiger partial charge in [-0.05, 0) is 32.7 Å². The number of hydrogen-bond acceptors (Lipinski definition) is 4. The van der Waals surface area contributed by atoms with Crippen LogP contribution in [0.5, 0.6) is 0 Å². The molecule has 0 aromatic carbocycles. The van der Waals surface area contributed by atoms with Gasteiger partial charge in [0.25, 0.3) is 0 Å². The molecule has 1 saturated heterocycles. The van der Waals surface area contributed by atoms with Crippen molar-refractivity contribution < 1.29 is 4.79 Å². The van der Waals surface area contributed by atoms with Crippen molar-refractivity contribution in [3.63, 3.8) is 0 Å². The number of rotatable bonds is 4. The normalized spacial score (nSPS) is 21.6. The van der Waals surface area contributed by atoms with Crippen LogP contribution in [-0.4, -0.2) is 24.0 Å². The third-order valence-electron chi connectivity index (χ3n) is 3.32. The van der Waals surface area contributed by atoms with Gasteiger partial charge in [0.05, 0.1) is 12.0 Å². The lowest BCUT2D eigenvalue weighted by atomic mass is 9.98. The first-order valence-electron chi connectivity index (χ1n) is 6.66. The van der Waals surface area contributed by atoms with Crippen LogP contribution >= 0.6 is 11.3 Å². The summed E-state index contributed by atoms with van der Waals surface area (Å²) in [6.45, 7) is 5.96. The van der Waals surface area contributed by atoms with Gasteiger partial charge in [-0.3, -0.25) is 4.79 Å². The third kappa shape index (κ3) is 3.29. The average Bonchev–Trinajstić information content (AvgIpc) is 2.88. The molecule has 1 aliphatic heterocycles. The molecule has 1 aromatic heterocycles. The lowest BCUT2D eigenvalue weighted by Crippen LogP contribution is -2.41. The molecule has 0 radical (unpaired) electrons. The molecule has 2 heterocycles. The SMILES string of the molecule is CCc1cnc(C(C)NC(=O)[C@@H]2CCCNC2)s1. The van der Waals surface area contributed by atoms with E-state index in [-0.39, 0.29) is 17.9 Å². The number of aromatic nitrogens is 1. The van der Waals surface area contributed by atoms with Crippen molar-refractivity contribution in [2.45, 2.75) is 39.2 Å². The molecule has 2 rings (SSSR count). The number of thiazole rings is 1. The van der Waals surface area contributed by atoms with E-state index in [2.05, 4.69) is 22.5 Å². The van der Waals surface area contributed by atoms with E-state index in [1.165, 1.54) is 4.88 Å². The molecule has 2 atom stereocenters. The predicted molar refractivity (Wildman–Crippen MR) is 73.6 cm³/mol. The lowest BCUT2D eigenvalue weighted by molar-refractivity contribution is -0.126. The van der Waals surface area contributed by atoms with Crippen LogP contribution in [0.3, 0.4) is 0 Å². The van der Waals surface area contributed by atoms with Gasteiger partial charge in [0.15, 0.2) is 0 Å². The standard InChI is InChI=1S/C13H21N3OS/c1-3-11-8-15-13(18-11)9(2)16-12(17)10-5-4-6-14-7-10/h8-10,14H,3-7H2,1-2H3,(H,16,17)/t9?,10-/m1/s1. The zero-order valence-electron chi connectivity index (χ0n) is 11.0. The fourth-order valence-corrected chi connectivity index (χ4v) is 3.01. The van der Waals surface area contributed by atoms with E-state index in [0.717, 1.165) is 37.4 Å². The van der Waals surface area contributed by atoms with Gasteiger partial charge in [-0.2, -0.15) is 0 Å². The Balaban J connectivity index is 1.89. The van der Waals surface area contributed by atoms with Crippen molar-refractivity contribution in [3.8, 4) is 0 Å². The van der Waals surface area contributed by atoms with E-state index in [9.17, 15) is 4.79 Å². The maximum atomic E-state index is 12.1. The average molecular weight is 267 g/mol. The summed E-state index contributed by atoms with van der Waals surface area (Å²) in [5, 5.41) is 7.34. The van der Waals surface area contributed by atoms with Crippen molar-refractivity contribution in [1.29, 1.82) is 0 Å². The van der Waals surface area contributed by atoms with Crippen LogP contribution in [-0.2, 0) is 11.2 Å². The topological polar surface area (TPSA) is 54.0 Å². The maximum Gasteiger partial charge on any atom is 0.224 e. The fraction of sp³-hybridized carbons (Fsp3) is 0.692. The first-order valence-corrected chi connectivity index (χ1v) is 7.48. The van der Waals surface area contributed by atoms with Crippen molar-refractivity contribution in [2.75, 3.05) is 13.1 Å². The van der Waals surface area contributed by atoms with Gasteiger partial charge < -0.3 is 10.6 Å². The number of nitrogens with one attached hydrogen (secondary N) is 2. The highest BCUT2D eigenvalue weighted by Crippen LogP contribution is 2.21. The zero-order valence-corrected chi connectivity index (χ0v) is 11.8. The fourth-order valence-electron chi connectivity index (χ4n) is 2.15. The largest absolute Gasteiger partial charge is 0.347 e. The van der Waals surface area contributed by atoms with E-state index in [0.29, 0.717) is 0 Å². The molecule has 0 saturated carbocycles. The molecule has 1 amide bonds. The Morgan fingerprint density at radius 1 is 1.72 bits per heavy atom. The molecular weight excluding hydrogens is 246 g/mol. The van der Waals surface area contributed by atoms with Crippen LogP contribution in [0.2, 0.25) is 0 Å². The molecule has 2 N–H and O–H groups in total. The second-order valence-corrected chi connectivity index (χ2v) is 5.94. The molecule has 100 valence electrons. The van der Waals surface area contributed by atoms with E-state index >= 15 is 0 Å². The van der Waals surface area contributed by atoms with E-state index in [4.69, 9.17) is 0 Å². The summed E-state index contributed by atoms with van der Waals surface area (Å²) in [6.07, 6.45) is 4.99. The van der Waals surface area contributed by atoms with Gasteiger partial charge in [0, 0.05) is 17.6 Å². The molecule has 1 unspecified atom stereocenters. The van der Waals surface area contributed by atoms with Crippen LogP contribution < -0.4 is 10.6 Å². The monoisotopic (exact) mass is 267 g/mol. The summed E-state index contributed by atoms with van der Waals surface area (Å²) in [5.41, 5.74) is 0. The van der Waals surface area contributed by atoms with Crippen LogP contribution in [0.25, 0.3) is 0 Å². The second-order valence-electron chi connectivity index (χ2n) is 4.79. The second kappa shape index (κ2) is 6.29. The Hall–Kier alpha value is -0.940. The van der Waals surface area contributed by atoms with Crippen molar-refractivity contribution in [3.05, 3.63) is 16.1 Å². The number of carbonyl (C=O) groups excluding carboxylic acids is 1. The lowest BCUT2D eigenvalue weighted by Gasteiger charge is -2.23. The Kier molecular flexibility index (Phi) is 4.72. The molecule has 0 bridgehead atoms. The quantitative estimate of drug-likeness (QED) is 0.876. The molecule has 1 aliphatic rings. The van der Waals surface area contributed by atoms with Gasteiger partial charge >= 0.3 is 0 Å². The van der Waals surface area contributed by atoms with Gasteiger partial charge in [0.1, 0.15) is 5.01 Å². The van der Waals surface area contributed by atoms with Gasteiger partial charge in [-0.25, -0.2) is 4.98 Å². The number of piperidine rings is 1. The third-order valence-corrected chi connectivity index (χ3v) is 4.64. The zero-order chi connectivity index (χ0) is 13.0. The molecule has 5 heteroatoms. The van der Waals surface area contributed by atoms with Crippen molar-refractivity contribution in [2.24, 2.45) is 5.92 Å². The Morgan fingerprint density at radius 3 is 3.17 bits per heavy atom. The highest BCUT2D eigenvalue weighted by atomic mass is 32.1. The van der Waals surface area contributed by atoms with Crippen LogP contribution in [0.1, 0.15) is 42.6 Å². The highest BCUT2D eigenvalue weighted by molar-refractivity contribution is 7.11. The van der Waals surface area contributed by atoms with Gasteiger partial charge in [-0.1, -0.05) is 6.92 Å². The van der Waals surface area contributed by atoms with E-state index in [1.807, 2.05) is 13.1 Å². The number of nitrogens with zero attached hydrogens (tertiary/aromatic N) is 1.